The molecule has 9 heteroatoms. The lowest BCUT2D eigenvalue weighted by atomic mass is 10.1. The van der Waals surface area contributed by atoms with Crippen LogP contribution in [-0.4, -0.2) is 51.2 Å². The average molecular weight is 460 g/mol. The lowest BCUT2D eigenvalue weighted by Crippen LogP contribution is -2.32. The molecule has 1 saturated heterocycles. The molecule has 1 aliphatic rings. The number of thioether (sulfide) groups is 2. The summed E-state index contributed by atoms with van der Waals surface area (Å²) in [6, 6.07) is 8.13. The Morgan fingerprint density at radius 3 is 2.77 bits per heavy atom. The highest BCUT2D eigenvalue weighted by Crippen LogP contribution is 2.34. The number of hydrogen-bond donors (Lipinski definition) is 1. The van der Waals surface area contributed by atoms with Crippen LogP contribution in [0, 0.1) is 0 Å². The minimum atomic E-state index is -0.0362. The molecule has 6 nitrogen and oxygen atoms in total. The first-order valence-electron chi connectivity index (χ1n) is 10.2. The molecule has 3 heterocycles. The summed E-state index contributed by atoms with van der Waals surface area (Å²) in [5, 5.41) is 4.79. The minimum Gasteiger partial charge on any atom is -0.346 e. The molecule has 0 unspecified atom stereocenters. The Morgan fingerprint density at radius 1 is 1.20 bits per heavy atom. The number of aromatic nitrogens is 3. The van der Waals surface area contributed by atoms with Crippen LogP contribution in [0.1, 0.15) is 25.3 Å². The van der Waals surface area contributed by atoms with Crippen molar-refractivity contribution in [3.63, 3.8) is 0 Å². The summed E-state index contributed by atoms with van der Waals surface area (Å²) in [5.74, 6) is 2.52. The van der Waals surface area contributed by atoms with Crippen molar-refractivity contribution in [3.05, 3.63) is 36.2 Å². The van der Waals surface area contributed by atoms with Gasteiger partial charge < -0.3 is 10.2 Å². The predicted octanol–water partition coefficient (Wildman–Crippen LogP) is 4.71. The van der Waals surface area contributed by atoms with Gasteiger partial charge in [0.05, 0.1) is 5.75 Å². The molecule has 0 bridgehead atoms. The van der Waals surface area contributed by atoms with Crippen molar-refractivity contribution >= 4 is 61.9 Å². The number of carbonyl (C=O) groups excluding carboxylic acids is 1. The van der Waals surface area contributed by atoms with Crippen molar-refractivity contribution in [2.24, 2.45) is 0 Å². The Balaban J connectivity index is 1.37. The zero-order chi connectivity index (χ0) is 20.8. The lowest BCUT2D eigenvalue weighted by molar-refractivity contribution is -0.113. The second-order valence-corrected chi connectivity index (χ2v) is 10.2. The van der Waals surface area contributed by atoms with Crippen LogP contribution >= 0.6 is 34.9 Å². The van der Waals surface area contributed by atoms with E-state index >= 15 is 0 Å². The number of amides is 1. The lowest BCUT2D eigenvalue weighted by Gasteiger charge is -2.25. The number of rotatable bonds is 8. The van der Waals surface area contributed by atoms with E-state index in [1.165, 1.54) is 36.5 Å². The topological polar surface area (TPSA) is 71.0 Å². The van der Waals surface area contributed by atoms with E-state index in [1.54, 1.807) is 11.3 Å². The van der Waals surface area contributed by atoms with Crippen LogP contribution in [-0.2, 0) is 11.2 Å². The number of nitrogens with zero attached hydrogens (tertiary/aromatic N) is 4. The molecule has 0 aliphatic carbocycles. The van der Waals surface area contributed by atoms with E-state index in [4.69, 9.17) is 4.98 Å². The van der Waals surface area contributed by atoms with E-state index in [0.29, 0.717) is 11.4 Å². The highest BCUT2D eigenvalue weighted by Gasteiger charge is 2.18. The number of aryl methyl sites for hydroxylation is 1. The van der Waals surface area contributed by atoms with Gasteiger partial charge in [0.15, 0.2) is 10.8 Å². The summed E-state index contributed by atoms with van der Waals surface area (Å²) in [5.41, 5.74) is 2.85. The van der Waals surface area contributed by atoms with Gasteiger partial charge >= 0.3 is 0 Å². The van der Waals surface area contributed by atoms with Crippen LogP contribution in [0.4, 0.5) is 10.8 Å². The first kappa shape index (κ1) is 21.4. The minimum absolute atomic E-state index is 0.0362. The van der Waals surface area contributed by atoms with Crippen molar-refractivity contribution in [1.82, 2.24) is 15.0 Å². The molecule has 1 aromatic carbocycles. The monoisotopic (exact) mass is 459 g/mol. The van der Waals surface area contributed by atoms with Gasteiger partial charge in [-0.3, -0.25) is 4.79 Å². The number of benzene rings is 1. The quantitative estimate of drug-likeness (QED) is 0.386. The van der Waals surface area contributed by atoms with Crippen molar-refractivity contribution in [2.45, 2.75) is 31.2 Å². The molecule has 4 rings (SSSR count). The number of carbonyl (C=O) groups is 1. The van der Waals surface area contributed by atoms with Gasteiger partial charge in [-0.05, 0) is 30.5 Å². The smallest absolute Gasteiger partial charge is 0.234 e. The molecule has 158 valence electrons. The maximum atomic E-state index is 12.4. The summed E-state index contributed by atoms with van der Waals surface area (Å²) < 4.78 is 0.962. The zero-order valence-electron chi connectivity index (χ0n) is 17.0. The summed E-state index contributed by atoms with van der Waals surface area (Å²) in [4.78, 5) is 28.2. The Bertz CT molecular complexity index is 986. The third-order valence-corrected chi connectivity index (χ3v) is 8.00. The molecule has 1 N–H and O–H groups in total. The second kappa shape index (κ2) is 10.5. The van der Waals surface area contributed by atoms with E-state index in [0.717, 1.165) is 51.6 Å². The third-order valence-electron chi connectivity index (χ3n) is 4.83. The Morgan fingerprint density at radius 2 is 2.00 bits per heavy atom. The van der Waals surface area contributed by atoms with Gasteiger partial charge in [-0.25, -0.2) is 9.97 Å². The van der Waals surface area contributed by atoms with Gasteiger partial charge in [0, 0.05) is 30.3 Å². The van der Waals surface area contributed by atoms with Gasteiger partial charge in [0.2, 0.25) is 5.91 Å². The number of unbranched alkanes of at least 4 members (excludes halogenated alkanes) is 1. The summed E-state index contributed by atoms with van der Waals surface area (Å²) in [6.07, 6.45) is 4.99. The van der Waals surface area contributed by atoms with E-state index in [9.17, 15) is 4.79 Å². The predicted molar refractivity (Wildman–Crippen MR) is 129 cm³/mol. The largest absolute Gasteiger partial charge is 0.346 e. The van der Waals surface area contributed by atoms with Gasteiger partial charge in [-0.15, -0.1) is 0 Å². The number of hydrogen-bond acceptors (Lipinski definition) is 8. The summed E-state index contributed by atoms with van der Waals surface area (Å²) >= 11 is 5.04. The molecule has 0 spiro atoms. The van der Waals surface area contributed by atoms with Crippen LogP contribution in [0.25, 0.3) is 10.3 Å². The first-order chi connectivity index (χ1) is 14.7. The fourth-order valence-electron chi connectivity index (χ4n) is 3.18. The molecule has 30 heavy (non-hydrogen) atoms. The van der Waals surface area contributed by atoms with Crippen molar-refractivity contribution < 1.29 is 4.79 Å². The van der Waals surface area contributed by atoms with Gasteiger partial charge in [-0.2, -0.15) is 16.7 Å². The Labute approximate surface area is 189 Å². The molecule has 0 atom stereocenters. The molecule has 3 aromatic rings. The van der Waals surface area contributed by atoms with Crippen LogP contribution in [0.3, 0.4) is 0 Å². The molecule has 2 aromatic heterocycles. The van der Waals surface area contributed by atoms with Crippen LogP contribution in [0.2, 0.25) is 0 Å². The second-order valence-electron chi connectivity index (χ2n) is 7.06. The highest BCUT2D eigenvalue weighted by molar-refractivity contribution is 8.00. The molecule has 1 aliphatic heterocycles. The van der Waals surface area contributed by atoms with Gasteiger partial charge in [0.25, 0.3) is 0 Å². The van der Waals surface area contributed by atoms with E-state index in [2.05, 4.69) is 39.2 Å². The van der Waals surface area contributed by atoms with Crippen LogP contribution in [0.5, 0.6) is 0 Å². The van der Waals surface area contributed by atoms with Crippen molar-refractivity contribution in [3.8, 4) is 0 Å². The molecule has 0 radical (unpaired) electrons. The van der Waals surface area contributed by atoms with Gasteiger partial charge in [0.1, 0.15) is 16.1 Å². The number of fused-ring (bicyclic) bond motifs is 1. The van der Waals surface area contributed by atoms with E-state index in [-0.39, 0.29) is 5.91 Å². The van der Waals surface area contributed by atoms with E-state index in [1.807, 2.05) is 23.9 Å². The Kier molecular flexibility index (Phi) is 7.46. The molecule has 1 amide bonds. The number of thiazole rings is 1. The molecular weight excluding hydrogens is 434 g/mol. The fraction of sp³-hybridized carbons (Fsp3) is 0.429. The first-order valence-corrected chi connectivity index (χ1v) is 13.1. The standard InChI is InChI=1S/C21H25N5OS3/c1-2-3-4-15-5-7-16(8-6-15)24-17(27)13-29-20-18-19(22-14-23-20)25-21(30-18)26-9-11-28-12-10-26/h5-8,14H,2-4,9-13H2,1H3,(H,24,27). The highest BCUT2D eigenvalue weighted by atomic mass is 32.2. The van der Waals surface area contributed by atoms with Crippen LogP contribution < -0.4 is 10.2 Å². The SMILES string of the molecule is CCCCc1ccc(NC(=O)CSc2ncnc3nc(N4CCSCC4)sc23)cc1. The summed E-state index contributed by atoms with van der Waals surface area (Å²) in [7, 11) is 0. The number of anilines is 2. The third kappa shape index (κ3) is 5.44. The molecule has 1 fully saturated rings. The zero-order valence-corrected chi connectivity index (χ0v) is 19.4. The normalized spacial score (nSPS) is 14.2. The van der Waals surface area contributed by atoms with Crippen molar-refractivity contribution in [1.29, 1.82) is 0 Å². The molecular formula is C21H25N5OS3. The van der Waals surface area contributed by atoms with Crippen molar-refractivity contribution in [2.75, 3.05) is 40.6 Å². The number of nitrogens with one attached hydrogen (secondary N) is 1. The molecule has 0 saturated carbocycles. The van der Waals surface area contributed by atoms with E-state index < -0.39 is 0 Å². The van der Waals surface area contributed by atoms with Gasteiger partial charge in [-0.1, -0.05) is 48.6 Å². The van der Waals surface area contributed by atoms with Crippen LogP contribution in [0.15, 0.2) is 35.6 Å². The maximum Gasteiger partial charge on any atom is 0.234 e. The summed E-state index contributed by atoms with van der Waals surface area (Å²) in [6.45, 7) is 4.22. The fourth-order valence-corrected chi connectivity index (χ4v) is 6.03. The Hall–Kier alpha value is -1.84. The maximum absolute atomic E-state index is 12.4. The average Bonchev–Trinajstić information content (AvgIpc) is 3.23.